The molecule has 5 heteroatoms. The molecule has 17 heavy (non-hydrogen) atoms. The van der Waals surface area contributed by atoms with E-state index in [1.807, 2.05) is 6.92 Å². The Bertz CT molecular complexity index is 366. The van der Waals surface area contributed by atoms with Crippen LogP contribution in [0.4, 0.5) is 11.5 Å². The van der Waals surface area contributed by atoms with Gasteiger partial charge in [-0.15, -0.1) is 0 Å². The first-order valence-electron chi connectivity index (χ1n) is 5.97. The molecule has 0 atom stereocenters. The van der Waals surface area contributed by atoms with Gasteiger partial charge in [-0.05, 0) is 18.8 Å². The molecule has 0 aromatic carbocycles. The maximum Gasteiger partial charge on any atom is 0.242 e. The molecule has 1 aromatic rings. The Morgan fingerprint density at radius 2 is 2.06 bits per heavy atom. The molecule has 1 aromatic heterocycles. The molecule has 0 fully saturated rings. The molecule has 0 unspecified atom stereocenters. The number of anilines is 2. The van der Waals surface area contributed by atoms with E-state index in [0.717, 1.165) is 13.0 Å². The minimum Gasteiger partial charge on any atom is -0.476 e. The van der Waals surface area contributed by atoms with Crippen molar-refractivity contribution in [1.29, 1.82) is 0 Å². The van der Waals surface area contributed by atoms with Gasteiger partial charge in [0, 0.05) is 6.54 Å². The van der Waals surface area contributed by atoms with Gasteiger partial charge in [-0.2, -0.15) is 4.98 Å². The van der Waals surface area contributed by atoms with Gasteiger partial charge in [-0.1, -0.05) is 20.8 Å². The number of nitrogens with two attached hydrogens (primary N) is 1. The average Bonchev–Trinajstić information content (AvgIpc) is 2.31. The highest BCUT2D eigenvalue weighted by molar-refractivity contribution is 5.66. The van der Waals surface area contributed by atoms with Gasteiger partial charge >= 0.3 is 0 Å². The second-order valence-electron chi connectivity index (χ2n) is 4.75. The van der Waals surface area contributed by atoms with Crippen molar-refractivity contribution in [2.75, 3.05) is 24.2 Å². The summed E-state index contributed by atoms with van der Waals surface area (Å²) in [5.41, 5.74) is 6.61. The highest BCUT2D eigenvalue weighted by atomic mass is 16.5. The molecule has 0 radical (unpaired) electrons. The predicted molar refractivity (Wildman–Crippen MR) is 70.2 cm³/mol. The van der Waals surface area contributed by atoms with Crippen LogP contribution in [0.2, 0.25) is 0 Å². The highest BCUT2D eigenvalue weighted by Gasteiger charge is 2.16. The van der Waals surface area contributed by atoms with Gasteiger partial charge in [0.05, 0.1) is 6.61 Å². The van der Waals surface area contributed by atoms with E-state index in [1.54, 1.807) is 0 Å². The van der Waals surface area contributed by atoms with E-state index >= 15 is 0 Å². The van der Waals surface area contributed by atoms with Crippen LogP contribution < -0.4 is 15.8 Å². The van der Waals surface area contributed by atoms with Crippen LogP contribution in [-0.4, -0.2) is 23.1 Å². The lowest BCUT2D eigenvalue weighted by Gasteiger charge is -2.23. The summed E-state index contributed by atoms with van der Waals surface area (Å²) < 4.78 is 5.32. The van der Waals surface area contributed by atoms with Gasteiger partial charge in [0.25, 0.3) is 0 Å². The fraction of sp³-hybridized carbons (Fsp3) is 0.667. The van der Waals surface area contributed by atoms with Crippen LogP contribution in [0.15, 0.2) is 6.33 Å². The first kappa shape index (κ1) is 13.5. The summed E-state index contributed by atoms with van der Waals surface area (Å²) in [5, 5.41) is 3.25. The van der Waals surface area contributed by atoms with E-state index in [1.165, 1.54) is 6.33 Å². The average molecular weight is 238 g/mol. The Morgan fingerprint density at radius 1 is 1.35 bits per heavy atom. The van der Waals surface area contributed by atoms with E-state index in [4.69, 9.17) is 10.5 Å². The Kier molecular flexibility index (Phi) is 4.54. The number of rotatable bonds is 6. The van der Waals surface area contributed by atoms with Crippen molar-refractivity contribution < 1.29 is 4.74 Å². The number of ether oxygens (including phenoxy) is 1. The third-order valence-electron chi connectivity index (χ3n) is 2.82. The zero-order valence-electron chi connectivity index (χ0n) is 11.1. The molecule has 96 valence electrons. The zero-order chi connectivity index (χ0) is 12.9. The fourth-order valence-corrected chi connectivity index (χ4v) is 1.22. The van der Waals surface area contributed by atoms with Gasteiger partial charge in [0.15, 0.2) is 5.82 Å². The molecular weight excluding hydrogens is 216 g/mol. The molecule has 3 N–H and O–H groups in total. The molecule has 0 aliphatic heterocycles. The molecule has 0 aliphatic rings. The van der Waals surface area contributed by atoms with Crippen LogP contribution in [0.1, 0.15) is 34.1 Å². The number of aromatic nitrogens is 2. The summed E-state index contributed by atoms with van der Waals surface area (Å²) in [6, 6.07) is 0. The number of nitrogens with zero attached hydrogens (tertiary/aromatic N) is 2. The first-order valence-corrected chi connectivity index (χ1v) is 5.97. The number of nitrogen functional groups attached to an aromatic ring is 1. The van der Waals surface area contributed by atoms with Crippen molar-refractivity contribution in [3.63, 3.8) is 0 Å². The topological polar surface area (TPSA) is 73.1 Å². The third-order valence-corrected chi connectivity index (χ3v) is 2.82. The Morgan fingerprint density at radius 3 is 2.65 bits per heavy atom. The van der Waals surface area contributed by atoms with Crippen molar-refractivity contribution in [2.45, 2.75) is 34.1 Å². The third kappa shape index (κ3) is 3.76. The summed E-state index contributed by atoms with van der Waals surface area (Å²) in [6.45, 7) is 9.81. The summed E-state index contributed by atoms with van der Waals surface area (Å²) >= 11 is 0. The molecule has 0 amide bonds. The Hall–Kier alpha value is -1.52. The van der Waals surface area contributed by atoms with Gasteiger partial charge in [-0.3, -0.25) is 0 Å². The maximum atomic E-state index is 5.93. The normalized spacial score (nSPS) is 11.3. The minimum atomic E-state index is 0.211. The van der Waals surface area contributed by atoms with Crippen LogP contribution in [-0.2, 0) is 0 Å². The van der Waals surface area contributed by atoms with Crippen molar-refractivity contribution in [3.8, 4) is 5.88 Å². The Labute approximate surface area is 103 Å². The van der Waals surface area contributed by atoms with Crippen LogP contribution in [0, 0.1) is 5.41 Å². The number of hydrogen-bond acceptors (Lipinski definition) is 5. The van der Waals surface area contributed by atoms with Crippen LogP contribution in [0.3, 0.4) is 0 Å². The van der Waals surface area contributed by atoms with Crippen LogP contribution in [0.5, 0.6) is 5.88 Å². The molecule has 1 heterocycles. The van der Waals surface area contributed by atoms with Gasteiger partial charge in [0.1, 0.15) is 12.0 Å². The number of hydrogen-bond donors (Lipinski definition) is 2. The molecule has 0 aliphatic carbocycles. The van der Waals surface area contributed by atoms with E-state index in [-0.39, 0.29) is 5.41 Å². The fourth-order valence-electron chi connectivity index (χ4n) is 1.22. The summed E-state index contributed by atoms with van der Waals surface area (Å²) in [7, 11) is 0. The SMILES string of the molecule is CCOc1ncnc(NCC(C)(C)CC)c1N. The molecule has 1 rings (SSSR count). The van der Waals surface area contributed by atoms with Crippen molar-refractivity contribution >= 4 is 11.5 Å². The first-order chi connectivity index (χ1) is 8.00. The quantitative estimate of drug-likeness (QED) is 0.795. The van der Waals surface area contributed by atoms with Crippen LogP contribution in [0.25, 0.3) is 0 Å². The minimum absolute atomic E-state index is 0.211. The number of nitrogens with one attached hydrogen (secondary N) is 1. The standard InChI is InChI=1S/C12H22N4O/c1-5-12(3,4)7-14-10-9(13)11(17-6-2)16-8-15-10/h8H,5-7,13H2,1-4H3,(H,14,15,16). The highest BCUT2D eigenvalue weighted by Crippen LogP contribution is 2.26. The van der Waals surface area contributed by atoms with Crippen molar-refractivity contribution in [3.05, 3.63) is 6.33 Å². The lowest BCUT2D eigenvalue weighted by molar-refractivity contribution is 0.328. The molecule has 0 bridgehead atoms. The molecule has 0 saturated heterocycles. The second kappa shape index (κ2) is 5.70. The lowest BCUT2D eigenvalue weighted by Crippen LogP contribution is -2.23. The zero-order valence-corrected chi connectivity index (χ0v) is 11.1. The van der Waals surface area contributed by atoms with E-state index in [2.05, 4.69) is 36.1 Å². The largest absolute Gasteiger partial charge is 0.476 e. The van der Waals surface area contributed by atoms with Crippen molar-refractivity contribution in [2.24, 2.45) is 5.41 Å². The van der Waals surface area contributed by atoms with E-state index < -0.39 is 0 Å². The van der Waals surface area contributed by atoms with Crippen molar-refractivity contribution in [1.82, 2.24) is 9.97 Å². The maximum absolute atomic E-state index is 5.93. The molecule has 5 nitrogen and oxygen atoms in total. The van der Waals surface area contributed by atoms with E-state index in [0.29, 0.717) is 24.0 Å². The second-order valence-corrected chi connectivity index (χ2v) is 4.75. The summed E-state index contributed by atoms with van der Waals surface area (Å²) in [6.07, 6.45) is 2.55. The molecular formula is C12H22N4O. The van der Waals surface area contributed by atoms with Gasteiger partial charge in [0.2, 0.25) is 5.88 Å². The van der Waals surface area contributed by atoms with Gasteiger partial charge < -0.3 is 15.8 Å². The smallest absolute Gasteiger partial charge is 0.242 e. The summed E-state index contributed by atoms with van der Waals surface area (Å²) in [5.74, 6) is 1.09. The monoisotopic (exact) mass is 238 g/mol. The predicted octanol–water partition coefficient (Wildman–Crippen LogP) is 2.31. The summed E-state index contributed by atoms with van der Waals surface area (Å²) in [4.78, 5) is 8.13. The van der Waals surface area contributed by atoms with Gasteiger partial charge in [-0.25, -0.2) is 4.98 Å². The Balaban J connectivity index is 2.75. The molecule has 0 saturated carbocycles. The van der Waals surface area contributed by atoms with E-state index in [9.17, 15) is 0 Å². The molecule has 0 spiro atoms. The lowest BCUT2D eigenvalue weighted by atomic mass is 9.90. The van der Waals surface area contributed by atoms with Crippen LogP contribution >= 0.6 is 0 Å².